The molecule has 3 N–H and O–H groups in total. The van der Waals surface area contributed by atoms with Gasteiger partial charge in [0, 0.05) is 18.8 Å². The van der Waals surface area contributed by atoms with E-state index in [2.05, 4.69) is 15.3 Å². The summed E-state index contributed by atoms with van der Waals surface area (Å²) in [5.74, 6) is 0.804. The van der Waals surface area contributed by atoms with E-state index in [1.165, 1.54) is 11.3 Å². The zero-order valence-corrected chi connectivity index (χ0v) is 16.8. The Hall–Kier alpha value is -2.75. The number of nitrogens with one attached hydrogen (secondary N) is 2. The maximum atomic E-state index is 12.4. The summed E-state index contributed by atoms with van der Waals surface area (Å²) in [5.41, 5.74) is 1.61. The van der Waals surface area contributed by atoms with Crippen LogP contribution in [0.25, 0.3) is 21.6 Å². The van der Waals surface area contributed by atoms with E-state index >= 15 is 0 Å². The van der Waals surface area contributed by atoms with Gasteiger partial charge in [0.05, 0.1) is 30.3 Å². The Kier molecular flexibility index (Phi) is 5.61. The average Bonchev–Trinajstić information content (AvgIpc) is 3.32. The molecule has 9 heteroatoms. The van der Waals surface area contributed by atoms with Gasteiger partial charge in [-0.3, -0.25) is 14.5 Å². The van der Waals surface area contributed by atoms with Gasteiger partial charge in [-0.05, 0) is 43.0 Å². The van der Waals surface area contributed by atoms with Crippen molar-refractivity contribution in [1.82, 2.24) is 14.9 Å². The number of nitrogens with zero attached hydrogens (tertiary/aromatic N) is 2. The van der Waals surface area contributed by atoms with Crippen molar-refractivity contribution in [2.24, 2.45) is 0 Å². The van der Waals surface area contributed by atoms with E-state index in [0.717, 1.165) is 0 Å². The number of rotatable bonds is 6. The van der Waals surface area contributed by atoms with Crippen molar-refractivity contribution in [3.05, 3.63) is 40.0 Å². The van der Waals surface area contributed by atoms with Crippen LogP contribution in [-0.2, 0) is 4.79 Å². The summed E-state index contributed by atoms with van der Waals surface area (Å²) >= 11 is 1.34. The first-order chi connectivity index (χ1) is 14.0. The Morgan fingerprint density at radius 3 is 3.07 bits per heavy atom. The Morgan fingerprint density at radius 2 is 2.31 bits per heavy atom. The Labute approximate surface area is 171 Å². The van der Waals surface area contributed by atoms with Gasteiger partial charge in [-0.15, -0.1) is 11.3 Å². The molecule has 1 atom stereocenters. The molecule has 1 fully saturated rings. The molecule has 0 saturated carbocycles. The van der Waals surface area contributed by atoms with Crippen LogP contribution < -0.4 is 15.6 Å². The Bertz CT molecular complexity index is 1090. The van der Waals surface area contributed by atoms with Gasteiger partial charge in [0.15, 0.2) is 0 Å². The highest BCUT2D eigenvalue weighted by Crippen LogP contribution is 2.31. The van der Waals surface area contributed by atoms with Gasteiger partial charge in [0.25, 0.3) is 5.56 Å². The molecule has 1 aliphatic heterocycles. The van der Waals surface area contributed by atoms with E-state index in [1.54, 1.807) is 24.3 Å². The van der Waals surface area contributed by atoms with Gasteiger partial charge >= 0.3 is 0 Å². The van der Waals surface area contributed by atoms with Gasteiger partial charge in [0.1, 0.15) is 16.3 Å². The van der Waals surface area contributed by atoms with Crippen molar-refractivity contribution in [3.63, 3.8) is 0 Å². The minimum Gasteiger partial charge on any atom is -0.493 e. The number of ether oxygens (including phenoxy) is 1. The van der Waals surface area contributed by atoms with E-state index in [4.69, 9.17) is 4.74 Å². The molecular weight excluding hydrogens is 392 g/mol. The normalized spacial score (nSPS) is 17.0. The summed E-state index contributed by atoms with van der Waals surface area (Å²) in [6.45, 7) is 3.77. The summed E-state index contributed by atoms with van der Waals surface area (Å²) in [6.07, 6.45) is 0.319. The second-order valence-corrected chi connectivity index (χ2v) is 7.84. The summed E-state index contributed by atoms with van der Waals surface area (Å²) in [6, 6.07) is 7.06. The lowest BCUT2D eigenvalue weighted by Crippen LogP contribution is -2.32. The first-order valence-electron chi connectivity index (χ1n) is 9.48. The fraction of sp³-hybridized carbons (Fsp3) is 0.350. The summed E-state index contributed by atoms with van der Waals surface area (Å²) in [4.78, 5) is 34.0. The first-order valence-corrected chi connectivity index (χ1v) is 10.4. The molecule has 3 heterocycles. The third kappa shape index (κ3) is 4.31. The van der Waals surface area contributed by atoms with Gasteiger partial charge < -0.3 is 20.1 Å². The predicted octanol–water partition coefficient (Wildman–Crippen LogP) is 2.06. The highest BCUT2D eigenvalue weighted by atomic mass is 32.1. The van der Waals surface area contributed by atoms with Crippen molar-refractivity contribution in [2.75, 3.05) is 31.6 Å². The van der Waals surface area contributed by atoms with Crippen molar-refractivity contribution in [1.29, 1.82) is 0 Å². The zero-order valence-electron chi connectivity index (χ0n) is 16.0. The molecule has 3 aromatic rings. The fourth-order valence-corrected chi connectivity index (χ4v) is 4.16. The molecule has 0 radical (unpaired) electrons. The zero-order chi connectivity index (χ0) is 20.4. The molecule has 1 amide bonds. The van der Waals surface area contributed by atoms with E-state index < -0.39 is 0 Å². The van der Waals surface area contributed by atoms with Crippen LogP contribution >= 0.6 is 11.3 Å². The number of likely N-dealkylation sites (tertiary alicyclic amines) is 1. The van der Waals surface area contributed by atoms with Crippen molar-refractivity contribution < 1.29 is 14.6 Å². The van der Waals surface area contributed by atoms with Crippen LogP contribution in [0.4, 0.5) is 5.69 Å². The molecule has 0 aliphatic carbocycles. The van der Waals surface area contributed by atoms with Gasteiger partial charge in [-0.1, -0.05) is 0 Å². The van der Waals surface area contributed by atoms with E-state index in [9.17, 15) is 14.7 Å². The largest absolute Gasteiger partial charge is 0.493 e. The number of hydrogen-bond donors (Lipinski definition) is 3. The van der Waals surface area contributed by atoms with Crippen LogP contribution in [0, 0.1) is 0 Å². The smallest absolute Gasteiger partial charge is 0.269 e. The number of anilines is 1. The first kappa shape index (κ1) is 19.6. The lowest BCUT2D eigenvalue weighted by atomic mass is 10.1. The Balaban J connectivity index is 1.61. The van der Waals surface area contributed by atoms with Crippen LogP contribution in [0.3, 0.4) is 0 Å². The number of H-pyrrole nitrogens is 1. The van der Waals surface area contributed by atoms with Crippen molar-refractivity contribution >= 4 is 33.1 Å². The van der Waals surface area contributed by atoms with Gasteiger partial charge in [-0.25, -0.2) is 4.98 Å². The fourth-order valence-electron chi connectivity index (χ4n) is 3.43. The van der Waals surface area contributed by atoms with Gasteiger partial charge in [-0.2, -0.15) is 0 Å². The quantitative estimate of drug-likeness (QED) is 0.570. The van der Waals surface area contributed by atoms with Crippen LogP contribution in [0.1, 0.15) is 13.3 Å². The van der Waals surface area contributed by atoms with Crippen LogP contribution in [0.15, 0.2) is 34.4 Å². The molecule has 1 saturated heterocycles. The number of hydrogen-bond acceptors (Lipinski definition) is 7. The molecule has 152 valence electrons. The number of amides is 1. The number of aliphatic hydroxyl groups excluding tert-OH is 1. The number of benzene rings is 1. The maximum Gasteiger partial charge on any atom is 0.269 e. The molecule has 8 nitrogen and oxygen atoms in total. The SMILES string of the molecule is CCOc1ccc(NC(=O)CN2CCC(O)C2)cc1-c1nc2ccsc2c(=O)[nH]1. The summed E-state index contributed by atoms with van der Waals surface area (Å²) in [5, 5.41) is 14.3. The van der Waals surface area contributed by atoms with E-state index in [1.807, 2.05) is 17.2 Å². The molecule has 4 rings (SSSR count). The number of β-amino-alcohol motifs (C(OH)–C–C–N with tert-alkyl or cyclic N) is 1. The minimum absolute atomic E-state index is 0.163. The Morgan fingerprint density at radius 1 is 1.45 bits per heavy atom. The lowest BCUT2D eigenvalue weighted by Gasteiger charge is -2.16. The highest BCUT2D eigenvalue weighted by Gasteiger charge is 2.22. The number of fused-ring (bicyclic) bond motifs is 1. The van der Waals surface area contributed by atoms with Crippen LogP contribution in [0.5, 0.6) is 5.75 Å². The number of aromatic nitrogens is 2. The number of aromatic amines is 1. The second kappa shape index (κ2) is 8.32. The van der Waals surface area contributed by atoms with E-state index in [-0.39, 0.29) is 24.1 Å². The van der Waals surface area contributed by atoms with Crippen LogP contribution in [-0.4, -0.2) is 58.2 Å². The standard InChI is InChI=1S/C20H22N4O4S/c1-2-28-16-4-3-12(21-17(26)11-24-7-5-13(25)10-24)9-14(16)19-22-15-6-8-29-18(15)20(27)23-19/h3-4,6,8-9,13,25H,2,5,7,10-11H2,1H3,(H,21,26)(H,22,23,27). The lowest BCUT2D eigenvalue weighted by molar-refractivity contribution is -0.117. The topological polar surface area (TPSA) is 108 Å². The molecule has 29 heavy (non-hydrogen) atoms. The molecule has 1 aromatic carbocycles. The minimum atomic E-state index is -0.366. The number of thiophene rings is 1. The predicted molar refractivity (Wildman–Crippen MR) is 113 cm³/mol. The van der Waals surface area contributed by atoms with Crippen molar-refractivity contribution in [2.45, 2.75) is 19.4 Å². The number of carbonyl (C=O) groups excluding carboxylic acids is 1. The van der Waals surface area contributed by atoms with Crippen LogP contribution in [0.2, 0.25) is 0 Å². The molecule has 1 aliphatic rings. The number of carbonyl (C=O) groups is 1. The second-order valence-electron chi connectivity index (χ2n) is 6.92. The third-order valence-corrected chi connectivity index (χ3v) is 5.65. The van der Waals surface area contributed by atoms with Crippen molar-refractivity contribution in [3.8, 4) is 17.1 Å². The molecule has 0 bridgehead atoms. The molecule has 0 spiro atoms. The van der Waals surface area contributed by atoms with E-state index in [0.29, 0.717) is 59.2 Å². The highest BCUT2D eigenvalue weighted by molar-refractivity contribution is 7.17. The molecule has 2 aromatic heterocycles. The third-order valence-electron chi connectivity index (χ3n) is 4.75. The molecular formula is C20H22N4O4S. The summed E-state index contributed by atoms with van der Waals surface area (Å²) in [7, 11) is 0. The summed E-state index contributed by atoms with van der Waals surface area (Å²) < 4.78 is 6.27. The monoisotopic (exact) mass is 414 g/mol. The average molecular weight is 414 g/mol. The maximum absolute atomic E-state index is 12.4. The van der Waals surface area contributed by atoms with Gasteiger partial charge in [0.2, 0.25) is 5.91 Å². The number of aliphatic hydroxyl groups is 1. The molecule has 1 unspecified atom stereocenters.